The molecule has 2 aromatic carbocycles. The van der Waals surface area contributed by atoms with Gasteiger partial charge in [-0.1, -0.05) is 54.6 Å². The molecule has 0 radical (unpaired) electrons. The molecule has 0 unspecified atom stereocenters. The van der Waals surface area contributed by atoms with E-state index in [1.54, 1.807) is 6.07 Å². The molecule has 1 aliphatic carbocycles. The fraction of sp³-hybridized carbons (Fsp3) is 0.360. The number of aromatic amines is 1. The fourth-order valence-corrected chi connectivity index (χ4v) is 4.34. The number of aromatic nitrogens is 2. The first-order valence-corrected chi connectivity index (χ1v) is 10.7. The van der Waals surface area contributed by atoms with E-state index in [0.717, 1.165) is 31.4 Å². The van der Waals surface area contributed by atoms with Gasteiger partial charge in [0.1, 0.15) is 0 Å². The third-order valence-electron chi connectivity index (χ3n) is 5.99. The standard InChI is InChI=1S/C25H30N4O/c1-29(2)23(15-18-8-4-3-5-9-18)17-26-25-27-22(16-24(30)28-25)14-19-12-20-10-6-7-11-21(20)13-19/h3-11,16,19,23H,12-15,17H2,1-2H3,(H2,26,27,28,30)/t23-/m0/s1. The zero-order valence-corrected chi connectivity index (χ0v) is 17.8. The third-order valence-corrected chi connectivity index (χ3v) is 5.99. The van der Waals surface area contributed by atoms with E-state index in [1.165, 1.54) is 16.7 Å². The summed E-state index contributed by atoms with van der Waals surface area (Å²) in [6.45, 7) is 0.711. The van der Waals surface area contributed by atoms with Gasteiger partial charge in [0.2, 0.25) is 5.95 Å². The number of likely N-dealkylation sites (N-methyl/N-ethyl adjacent to an activating group) is 1. The van der Waals surface area contributed by atoms with E-state index in [4.69, 9.17) is 0 Å². The molecule has 1 atom stereocenters. The lowest BCUT2D eigenvalue weighted by atomic mass is 10.00. The predicted molar refractivity (Wildman–Crippen MR) is 122 cm³/mol. The monoisotopic (exact) mass is 402 g/mol. The summed E-state index contributed by atoms with van der Waals surface area (Å²) in [6.07, 6.45) is 3.94. The highest BCUT2D eigenvalue weighted by Gasteiger charge is 2.21. The molecule has 0 bridgehead atoms. The molecule has 0 spiro atoms. The lowest BCUT2D eigenvalue weighted by Crippen LogP contribution is -2.37. The molecule has 1 aliphatic rings. The topological polar surface area (TPSA) is 61.0 Å². The normalized spacial score (nSPS) is 14.6. The van der Waals surface area contributed by atoms with Crippen molar-refractivity contribution in [2.75, 3.05) is 26.0 Å². The summed E-state index contributed by atoms with van der Waals surface area (Å²) in [7, 11) is 4.17. The van der Waals surface area contributed by atoms with E-state index in [-0.39, 0.29) is 5.56 Å². The van der Waals surface area contributed by atoms with Crippen LogP contribution in [0.25, 0.3) is 0 Å². The van der Waals surface area contributed by atoms with E-state index in [9.17, 15) is 4.79 Å². The van der Waals surface area contributed by atoms with Crippen LogP contribution in [0.1, 0.15) is 22.4 Å². The molecular weight excluding hydrogens is 372 g/mol. The van der Waals surface area contributed by atoms with E-state index in [0.29, 0.717) is 24.5 Å². The van der Waals surface area contributed by atoms with Gasteiger partial charge < -0.3 is 15.2 Å². The highest BCUT2D eigenvalue weighted by atomic mass is 16.1. The quantitative estimate of drug-likeness (QED) is 0.607. The molecule has 156 valence electrons. The highest BCUT2D eigenvalue weighted by Crippen LogP contribution is 2.28. The number of rotatable bonds is 8. The van der Waals surface area contributed by atoms with Crippen LogP contribution in [0.2, 0.25) is 0 Å². The maximum absolute atomic E-state index is 12.2. The summed E-state index contributed by atoms with van der Waals surface area (Å²) >= 11 is 0. The Hall–Kier alpha value is -2.92. The van der Waals surface area contributed by atoms with Gasteiger partial charge in [-0.3, -0.25) is 4.79 Å². The molecule has 30 heavy (non-hydrogen) atoms. The second-order valence-corrected chi connectivity index (χ2v) is 8.53. The Morgan fingerprint density at radius 1 is 1.07 bits per heavy atom. The number of anilines is 1. The minimum atomic E-state index is -0.189. The SMILES string of the molecule is CN(C)[C@H](CNc1nc(=O)cc(CC2Cc3ccccc3C2)[nH]1)Cc1ccccc1. The summed E-state index contributed by atoms with van der Waals surface area (Å²) in [6, 6.07) is 21.1. The van der Waals surface area contributed by atoms with Gasteiger partial charge in [0.25, 0.3) is 5.56 Å². The molecule has 5 heteroatoms. The summed E-state index contributed by atoms with van der Waals surface area (Å²) in [4.78, 5) is 21.9. The van der Waals surface area contributed by atoms with Gasteiger partial charge in [-0.05, 0) is 62.4 Å². The molecule has 0 aliphatic heterocycles. The molecule has 1 aromatic heterocycles. The van der Waals surface area contributed by atoms with Crippen molar-refractivity contribution in [2.45, 2.75) is 31.7 Å². The Morgan fingerprint density at radius 3 is 2.40 bits per heavy atom. The summed E-state index contributed by atoms with van der Waals surface area (Å²) < 4.78 is 0. The predicted octanol–water partition coefficient (Wildman–Crippen LogP) is 3.31. The van der Waals surface area contributed by atoms with Crippen LogP contribution in [0.3, 0.4) is 0 Å². The van der Waals surface area contributed by atoms with Crippen molar-refractivity contribution in [2.24, 2.45) is 5.92 Å². The Balaban J connectivity index is 1.40. The van der Waals surface area contributed by atoms with Crippen molar-refractivity contribution < 1.29 is 0 Å². The molecule has 2 N–H and O–H groups in total. The van der Waals surface area contributed by atoms with Crippen LogP contribution in [0, 0.1) is 5.92 Å². The fourth-order valence-electron chi connectivity index (χ4n) is 4.34. The van der Waals surface area contributed by atoms with Gasteiger partial charge in [-0.15, -0.1) is 0 Å². The number of benzene rings is 2. The first kappa shape index (κ1) is 20.4. The van der Waals surface area contributed by atoms with Crippen molar-refractivity contribution >= 4 is 5.95 Å². The Kier molecular flexibility index (Phi) is 6.29. The number of hydrogen-bond donors (Lipinski definition) is 2. The van der Waals surface area contributed by atoms with E-state index in [2.05, 4.69) is 82.8 Å². The third kappa shape index (κ3) is 5.16. The van der Waals surface area contributed by atoms with Gasteiger partial charge >= 0.3 is 0 Å². The molecule has 0 fully saturated rings. The lowest BCUT2D eigenvalue weighted by Gasteiger charge is -2.25. The number of hydrogen-bond acceptors (Lipinski definition) is 4. The van der Waals surface area contributed by atoms with Gasteiger partial charge in [0.05, 0.1) is 0 Å². The minimum Gasteiger partial charge on any atom is -0.354 e. The van der Waals surface area contributed by atoms with Gasteiger partial charge in [-0.25, -0.2) is 0 Å². The largest absolute Gasteiger partial charge is 0.354 e. The molecule has 3 aromatic rings. The van der Waals surface area contributed by atoms with E-state index in [1.807, 2.05) is 6.07 Å². The van der Waals surface area contributed by atoms with Crippen LogP contribution in [0.15, 0.2) is 65.5 Å². The van der Waals surface area contributed by atoms with Gasteiger partial charge in [0.15, 0.2) is 0 Å². The van der Waals surface area contributed by atoms with Gasteiger partial charge in [-0.2, -0.15) is 4.98 Å². The molecule has 0 amide bonds. The van der Waals surface area contributed by atoms with Crippen LogP contribution >= 0.6 is 0 Å². The van der Waals surface area contributed by atoms with E-state index < -0.39 is 0 Å². The first-order valence-electron chi connectivity index (χ1n) is 10.7. The number of nitrogens with one attached hydrogen (secondary N) is 2. The number of H-pyrrole nitrogens is 1. The summed E-state index contributed by atoms with van der Waals surface area (Å²) in [5.74, 6) is 1.09. The maximum Gasteiger partial charge on any atom is 0.274 e. The van der Waals surface area contributed by atoms with Crippen LogP contribution in [-0.4, -0.2) is 41.5 Å². The van der Waals surface area contributed by atoms with Crippen molar-refractivity contribution in [1.82, 2.24) is 14.9 Å². The Morgan fingerprint density at radius 2 is 1.73 bits per heavy atom. The Labute approximate surface area is 178 Å². The molecule has 0 saturated heterocycles. The Bertz CT molecular complexity index is 1000. The average Bonchev–Trinajstić information content (AvgIpc) is 3.13. The van der Waals surface area contributed by atoms with Crippen molar-refractivity contribution in [3.8, 4) is 0 Å². The van der Waals surface area contributed by atoms with Crippen LogP contribution in [0.4, 0.5) is 5.95 Å². The zero-order chi connectivity index (χ0) is 20.9. The summed E-state index contributed by atoms with van der Waals surface area (Å²) in [5, 5.41) is 3.36. The number of nitrogens with zero attached hydrogens (tertiary/aromatic N) is 2. The summed E-state index contributed by atoms with van der Waals surface area (Å²) in [5.41, 5.74) is 4.94. The van der Waals surface area contributed by atoms with Crippen molar-refractivity contribution in [1.29, 1.82) is 0 Å². The molecule has 0 saturated carbocycles. The first-order chi connectivity index (χ1) is 14.6. The highest BCUT2D eigenvalue weighted by molar-refractivity contribution is 5.33. The second-order valence-electron chi connectivity index (χ2n) is 8.53. The second kappa shape index (κ2) is 9.26. The van der Waals surface area contributed by atoms with Crippen LogP contribution in [-0.2, 0) is 25.7 Å². The molecule has 5 nitrogen and oxygen atoms in total. The van der Waals surface area contributed by atoms with Gasteiger partial charge in [0, 0.05) is 24.3 Å². The molecule has 4 rings (SSSR count). The molecule has 1 heterocycles. The van der Waals surface area contributed by atoms with E-state index >= 15 is 0 Å². The van der Waals surface area contributed by atoms with Crippen molar-refractivity contribution in [3.05, 3.63) is 93.4 Å². The van der Waals surface area contributed by atoms with Crippen LogP contribution < -0.4 is 10.9 Å². The smallest absolute Gasteiger partial charge is 0.274 e. The van der Waals surface area contributed by atoms with Crippen molar-refractivity contribution in [3.63, 3.8) is 0 Å². The molecular formula is C25H30N4O. The zero-order valence-electron chi connectivity index (χ0n) is 17.8. The maximum atomic E-state index is 12.2. The average molecular weight is 403 g/mol. The van der Waals surface area contributed by atoms with Crippen LogP contribution in [0.5, 0.6) is 0 Å². The minimum absolute atomic E-state index is 0.189. The number of fused-ring (bicyclic) bond motifs is 1. The lowest BCUT2D eigenvalue weighted by molar-refractivity contribution is 0.303.